The van der Waals surface area contributed by atoms with E-state index in [1.807, 2.05) is 45.9 Å². The predicted octanol–water partition coefficient (Wildman–Crippen LogP) is 5.06. The van der Waals surface area contributed by atoms with Crippen molar-refractivity contribution in [3.05, 3.63) is 81.8 Å². The number of aliphatic hydroxyl groups is 1. The molecule has 3 amide bonds. The van der Waals surface area contributed by atoms with Crippen molar-refractivity contribution in [1.82, 2.24) is 24.4 Å². The number of sulfonamides is 1. The van der Waals surface area contributed by atoms with Crippen molar-refractivity contribution >= 4 is 39.5 Å². The van der Waals surface area contributed by atoms with Gasteiger partial charge >= 0.3 is 12.2 Å². The summed E-state index contributed by atoms with van der Waals surface area (Å²) in [7, 11) is -4.12. The van der Waals surface area contributed by atoms with Crippen LogP contribution in [0.3, 0.4) is 0 Å². The number of aliphatic hydroxyl groups excluding tert-OH is 1. The molecule has 52 heavy (non-hydrogen) atoms. The van der Waals surface area contributed by atoms with Gasteiger partial charge in [0.1, 0.15) is 6.04 Å². The van der Waals surface area contributed by atoms with Gasteiger partial charge in [-0.2, -0.15) is 17.5 Å². The molecule has 284 valence electrons. The van der Waals surface area contributed by atoms with E-state index in [2.05, 4.69) is 15.5 Å². The normalized spacial score (nSPS) is 16.5. The van der Waals surface area contributed by atoms with Gasteiger partial charge in [0.25, 0.3) is 0 Å². The third-order valence-corrected chi connectivity index (χ3v) is 11.6. The lowest BCUT2D eigenvalue weighted by molar-refractivity contribution is -0.137. The summed E-state index contributed by atoms with van der Waals surface area (Å²) in [5.74, 6) is -1.00. The number of carbonyl (C=O) groups is 2. The van der Waals surface area contributed by atoms with Crippen LogP contribution in [0, 0.1) is 11.8 Å². The first-order chi connectivity index (χ1) is 24.5. The number of thiazole rings is 1. The molecular weight excluding hydrogens is 722 g/mol. The van der Waals surface area contributed by atoms with Gasteiger partial charge in [-0.1, -0.05) is 81.7 Å². The second kappa shape index (κ2) is 17.6. The Kier molecular flexibility index (Phi) is 13.8. The van der Waals surface area contributed by atoms with E-state index in [1.54, 1.807) is 12.1 Å². The topological polar surface area (TPSA) is 156 Å². The number of oxime groups is 1. The number of benzene rings is 2. The van der Waals surface area contributed by atoms with Crippen LogP contribution in [-0.4, -0.2) is 100 Å². The summed E-state index contributed by atoms with van der Waals surface area (Å²) in [6, 6.07) is 12.3. The largest absolute Gasteiger partial charge is 0.443 e. The molecular formula is C35H45F3N6O6S2. The Morgan fingerprint density at radius 3 is 2.35 bits per heavy atom. The van der Waals surface area contributed by atoms with Crippen LogP contribution in [0.1, 0.15) is 55.9 Å². The number of carbonyl (C=O) groups excluding carboxylic acids is 2. The van der Waals surface area contributed by atoms with Gasteiger partial charge in [-0.05, 0) is 41.5 Å². The van der Waals surface area contributed by atoms with Crippen LogP contribution in [-0.2, 0) is 34.0 Å². The number of halogens is 3. The first-order valence-corrected chi connectivity index (χ1v) is 19.2. The highest BCUT2D eigenvalue weighted by atomic mass is 32.2. The van der Waals surface area contributed by atoms with Gasteiger partial charge in [-0.3, -0.25) is 4.79 Å². The molecule has 1 aromatic heterocycles. The highest BCUT2D eigenvalue weighted by Gasteiger charge is 2.42. The molecule has 0 radical (unpaired) electrons. The number of aromatic nitrogens is 1. The number of amides is 3. The van der Waals surface area contributed by atoms with E-state index in [1.165, 1.54) is 43.8 Å². The Morgan fingerprint density at radius 1 is 1.10 bits per heavy atom. The van der Waals surface area contributed by atoms with Gasteiger partial charge in [0.2, 0.25) is 15.9 Å². The van der Waals surface area contributed by atoms with E-state index in [-0.39, 0.29) is 61.6 Å². The van der Waals surface area contributed by atoms with Gasteiger partial charge in [0.05, 0.1) is 35.5 Å². The summed E-state index contributed by atoms with van der Waals surface area (Å²) in [6.07, 6.45) is -4.15. The second-order valence-electron chi connectivity index (χ2n) is 13.3. The molecule has 0 spiro atoms. The van der Waals surface area contributed by atoms with Crippen molar-refractivity contribution in [2.45, 2.75) is 76.3 Å². The summed E-state index contributed by atoms with van der Waals surface area (Å²) in [6.45, 7) is 7.25. The average molecular weight is 767 g/mol. The highest BCUT2D eigenvalue weighted by molar-refractivity contribution is 7.89. The third-order valence-electron chi connectivity index (χ3n) is 8.84. The number of nitrogens with zero attached hydrogens (tertiary/aromatic N) is 5. The number of hydrogen-bond donors (Lipinski definition) is 3. The number of rotatable bonds is 17. The standard InChI is InChI=1S/C35H45F3N6O6S2/c1-5-24(4)31(44-16-15-42(34(44)47)20-27-22-51-33(40-27)35(36,37)38)32(46)41-29(17-25-9-7-6-8-10-25)30(45)21-43(19-23(2)3)52(49,50)28-13-11-26(12-14-28)18-39-48/h6-14,18,22-24,29-31,45,48H,5,15-17,19-21H2,1-4H3,(H,41,46)/t24-,29-,30+,31-/m0/s1. The Bertz CT molecular complexity index is 1770. The fourth-order valence-electron chi connectivity index (χ4n) is 6.02. The van der Waals surface area contributed by atoms with Gasteiger partial charge < -0.3 is 25.4 Å². The van der Waals surface area contributed by atoms with Crippen molar-refractivity contribution in [2.75, 3.05) is 26.2 Å². The van der Waals surface area contributed by atoms with E-state index < -0.39 is 51.3 Å². The molecule has 1 aliphatic rings. The van der Waals surface area contributed by atoms with Crippen LogP contribution in [0.4, 0.5) is 18.0 Å². The molecule has 0 unspecified atom stereocenters. The summed E-state index contributed by atoms with van der Waals surface area (Å²) in [4.78, 5) is 34.2. The molecule has 2 heterocycles. The van der Waals surface area contributed by atoms with Crippen LogP contribution >= 0.6 is 11.3 Å². The zero-order chi connectivity index (χ0) is 38.2. The summed E-state index contributed by atoms with van der Waals surface area (Å²) < 4.78 is 68.3. The monoisotopic (exact) mass is 766 g/mol. The molecule has 1 aliphatic heterocycles. The number of hydrogen-bond acceptors (Lipinski definition) is 9. The lowest BCUT2D eigenvalue weighted by atomic mass is 9.95. The third kappa shape index (κ3) is 10.3. The van der Waals surface area contributed by atoms with Gasteiger partial charge in [-0.25, -0.2) is 18.2 Å². The van der Waals surface area contributed by atoms with E-state index in [0.29, 0.717) is 23.3 Å². The Balaban J connectivity index is 1.58. The van der Waals surface area contributed by atoms with Crippen molar-refractivity contribution in [2.24, 2.45) is 17.0 Å². The number of alkyl halides is 3. The molecule has 3 N–H and O–H groups in total. The maximum Gasteiger partial charge on any atom is 0.443 e. The molecule has 0 bridgehead atoms. The SMILES string of the molecule is CC[C@H](C)[C@@H](C(=O)N[C@@H](Cc1ccccc1)[C@H](O)CN(CC(C)C)S(=O)(=O)c1ccc(C=NO)cc1)N1CCN(Cc2csc(C(F)(F)F)n2)C1=O. The van der Waals surface area contributed by atoms with Gasteiger partial charge in [0.15, 0.2) is 5.01 Å². The van der Waals surface area contributed by atoms with E-state index >= 15 is 0 Å². The van der Waals surface area contributed by atoms with Gasteiger partial charge in [0, 0.05) is 31.6 Å². The molecule has 2 aromatic carbocycles. The number of urea groups is 1. The fourth-order valence-corrected chi connectivity index (χ4v) is 8.32. The van der Waals surface area contributed by atoms with Crippen LogP contribution in [0.25, 0.3) is 0 Å². The van der Waals surface area contributed by atoms with Crippen LogP contribution in [0.5, 0.6) is 0 Å². The maximum absolute atomic E-state index is 14.2. The zero-order valence-electron chi connectivity index (χ0n) is 29.4. The molecule has 0 aliphatic carbocycles. The van der Waals surface area contributed by atoms with Crippen LogP contribution in [0.15, 0.2) is 70.0 Å². The van der Waals surface area contributed by atoms with Gasteiger partial charge in [-0.15, -0.1) is 11.3 Å². The molecule has 1 fully saturated rings. The van der Waals surface area contributed by atoms with E-state index in [9.17, 15) is 36.3 Å². The van der Waals surface area contributed by atoms with Crippen molar-refractivity contribution < 1.29 is 41.5 Å². The van der Waals surface area contributed by atoms with Crippen molar-refractivity contribution in [3.63, 3.8) is 0 Å². The summed E-state index contributed by atoms with van der Waals surface area (Å²) in [5, 5.41) is 26.7. The van der Waals surface area contributed by atoms with Crippen LogP contribution < -0.4 is 5.32 Å². The van der Waals surface area contributed by atoms with E-state index in [4.69, 9.17) is 5.21 Å². The zero-order valence-corrected chi connectivity index (χ0v) is 31.0. The van der Waals surface area contributed by atoms with Crippen molar-refractivity contribution in [1.29, 1.82) is 0 Å². The predicted molar refractivity (Wildman–Crippen MR) is 190 cm³/mol. The average Bonchev–Trinajstić information content (AvgIpc) is 3.72. The lowest BCUT2D eigenvalue weighted by Gasteiger charge is -2.35. The molecule has 3 aromatic rings. The number of nitrogens with one attached hydrogen (secondary N) is 1. The molecule has 1 saturated heterocycles. The minimum Gasteiger partial charge on any atom is -0.411 e. The van der Waals surface area contributed by atoms with Crippen LogP contribution in [0.2, 0.25) is 0 Å². The minimum absolute atomic E-state index is 0.0275. The fraction of sp³-hybridized carbons (Fsp3) is 0.486. The second-order valence-corrected chi connectivity index (χ2v) is 16.1. The Labute approximate surface area is 306 Å². The quantitative estimate of drug-likeness (QED) is 0.0986. The first-order valence-electron chi connectivity index (χ1n) is 16.9. The molecule has 12 nitrogen and oxygen atoms in total. The maximum atomic E-state index is 14.2. The minimum atomic E-state index is -4.59. The Morgan fingerprint density at radius 2 is 1.77 bits per heavy atom. The Hall–Kier alpha value is -4.06. The first kappa shape index (κ1) is 40.7. The molecule has 4 atom stereocenters. The highest BCUT2D eigenvalue weighted by Crippen LogP contribution is 2.32. The molecule has 4 rings (SSSR count). The van der Waals surface area contributed by atoms with Crippen molar-refractivity contribution in [3.8, 4) is 0 Å². The van der Waals surface area contributed by atoms with E-state index in [0.717, 1.165) is 11.8 Å². The lowest BCUT2D eigenvalue weighted by Crippen LogP contribution is -2.57. The summed E-state index contributed by atoms with van der Waals surface area (Å²) in [5.41, 5.74) is 1.35. The molecule has 17 heteroatoms. The molecule has 0 saturated carbocycles. The smallest absolute Gasteiger partial charge is 0.411 e. The summed E-state index contributed by atoms with van der Waals surface area (Å²) >= 11 is 0.452.